The van der Waals surface area contributed by atoms with E-state index in [4.69, 9.17) is 4.74 Å². The molecule has 0 aromatic carbocycles. The maximum atomic E-state index is 11.6. The molecule has 0 bridgehead atoms. The maximum Gasteiger partial charge on any atom is 0.358 e. The minimum absolute atomic E-state index is 0.129. The predicted octanol–water partition coefficient (Wildman–Crippen LogP) is 0.871. The monoisotopic (exact) mass is 248 g/mol. The van der Waals surface area contributed by atoms with E-state index in [-0.39, 0.29) is 12.1 Å². The third-order valence-corrected chi connectivity index (χ3v) is 2.57. The lowest BCUT2D eigenvalue weighted by atomic mass is 10.3. The van der Waals surface area contributed by atoms with Crippen LogP contribution in [0.3, 0.4) is 0 Å². The zero-order valence-corrected chi connectivity index (χ0v) is 10.0. The molecule has 6 heteroatoms. The molecule has 0 amide bonds. The fourth-order valence-electron chi connectivity index (χ4n) is 1.72. The van der Waals surface area contributed by atoms with Gasteiger partial charge in [0.25, 0.3) is 0 Å². The first-order chi connectivity index (χ1) is 8.71. The van der Waals surface area contributed by atoms with E-state index in [1.807, 2.05) is 0 Å². The number of ether oxygens (including phenoxy) is 2. The minimum atomic E-state index is -0.544. The number of carbonyl (C=O) groups excluding carboxylic acids is 2. The number of pyridine rings is 1. The second-order valence-electron chi connectivity index (χ2n) is 3.56. The van der Waals surface area contributed by atoms with Crippen LogP contribution in [0.5, 0.6) is 5.75 Å². The predicted molar refractivity (Wildman–Crippen MR) is 62.9 cm³/mol. The smallest absolute Gasteiger partial charge is 0.358 e. The fourth-order valence-corrected chi connectivity index (χ4v) is 1.72. The van der Waals surface area contributed by atoms with Gasteiger partial charge in [0.05, 0.1) is 26.2 Å². The third-order valence-electron chi connectivity index (χ3n) is 2.57. The highest BCUT2D eigenvalue weighted by Gasteiger charge is 2.18. The Balaban J connectivity index is 2.67. The molecule has 2 rings (SSSR count). The Kier molecular flexibility index (Phi) is 3.27. The Hall–Kier alpha value is -2.37. The summed E-state index contributed by atoms with van der Waals surface area (Å²) in [7, 11) is 2.82. The molecule has 0 atom stereocenters. The summed E-state index contributed by atoms with van der Waals surface area (Å²) in [5.41, 5.74) is 0.728. The summed E-state index contributed by atoms with van der Waals surface area (Å²) in [6.45, 7) is 0. The Bertz CT molecular complexity index is 603. The van der Waals surface area contributed by atoms with Crippen LogP contribution >= 0.6 is 0 Å². The molecule has 0 aliphatic heterocycles. The van der Waals surface area contributed by atoms with Gasteiger partial charge in [0.1, 0.15) is 17.9 Å². The Morgan fingerprint density at radius 2 is 2.28 bits per heavy atom. The molecule has 0 saturated carbocycles. The minimum Gasteiger partial charge on any atom is -0.497 e. The Morgan fingerprint density at radius 1 is 1.50 bits per heavy atom. The van der Waals surface area contributed by atoms with Crippen LogP contribution in [0.1, 0.15) is 16.3 Å². The molecule has 6 nitrogen and oxygen atoms in total. The van der Waals surface area contributed by atoms with Crippen LogP contribution < -0.4 is 4.74 Å². The van der Waals surface area contributed by atoms with Gasteiger partial charge in [0.15, 0.2) is 5.69 Å². The van der Waals surface area contributed by atoms with E-state index in [9.17, 15) is 9.59 Å². The molecule has 2 aromatic rings. The standard InChI is InChI=1S/C12H12N2O4/c1-17-8-3-5-14-9(7-8)11(12(16)18-2)13-10(14)4-6-15/h3,5-7H,4H2,1-2H3. The van der Waals surface area contributed by atoms with Gasteiger partial charge in [-0.05, 0) is 6.07 Å². The molecule has 0 radical (unpaired) electrons. The van der Waals surface area contributed by atoms with E-state index in [0.717, 1.165) is 6.29 Å². The van der Waals surface area contributed by atoms with E-state index >= 15 is 0 Å². The molecular formula is C12H12N2O4. The highest BCUT2D eigenvalue weighted by molar-refractivity contribution is 5.95. The molecule has 0 N–H and O–H groups in total. The molecule has 0 fully saturated rings. The highest BCUT2D eigenvalue weighted by Crippen LogP contribution is 2.20. The summed E-state index contributed by atoms with van der Waals surface area (Å²) in [5.74, 6) is 0.547. The molecule has 0 unspecified atom stereocenters. The summed E-state index contributed by atoms with van der Waals surface area (Å²) >= 11 is 0. The van der Waals surface area contributed by atoms with Gasteiger partial charge in [-0.1, -0.05) is 0 Å². The van der Waals surface area contributed by atoms with Crippen molar-refractivity contribution in [1.29, 1.82) is 0 Å². The van der Waals surface area contributed by atoms with Crippen molar-refractivity contribution < 1.29 is 19.1 Å². The molecule has 2 heterocycles. The van der Waals surface area contributed by atoms with Gasteiger partial charge in [-0.2, -0.15) is 0 Å². The molecule has 0 spiro atoms. The van der Waals surface area contributed by atoms with Crippen molar-refractivity contribution >= 4 is 17.8 Å². The van der Waals surface area contributed by atoms with Crippen LogP contribution in [0.25, 0.3) is 5.52 Å². The number of aromatic nitrogens is 2. The van der Waals surface area contributed by atoms with E-state index in [1.165, 1.54) is 14.2 Å². The number of esters is 1. The van der Waals surface area contributed by atoms with Crippen LogP contribution in [0.4, 0.5) is 0 Å². The summed E-state index contributed by atoms with van der Waals surface area (Å²) in [5, 5.41) is 0. The number of fused-ring (bicyclic) bond motifs is 1. The number of hydrogen-bond acceptors (Lipinski definition) is 5. The van der Waals surface area contributed by atoms with Crippen molar-refractivity contribution in [2.75, 3.05) is 14.2 Å². The van der Waals surface area contributed by atoms with Crippen molar-refractivity contribution in [1.82, 2.24) is 9.38 Å². The average molecular weight is 248 g/mol. The zero-order valence-electron chi connectivity index (χ0n) is 10.0. The van der Waals surface area contributed by atoms with Crippen molar-refractivity contribution in [3.05, 3.63) is 29.8 Å². The van der Waals surface area contributed by atoms with Gasteiger partial charge in [-0.25, -0.2) is 9.78 Å². The van der Waals surface area contributed by atoms with E-state index in [1.54, 1.807) is 22.7 Å². The second-order valence-corrected chi connectivity index (χ2v) is 3.56. The van der Waals surface area contributed by atoms with Crippen LogP contribution in [0.15, 0.2) is 18.3 Å². The normalized spacial score (nSPS) is 10.3. The summed E-state index contributed by atoms with van der Waals surface area (Å²) in [6.07, 6.45) is 2.57. The highest BCUT2D eigenvalue weighted by atomic mass is 16.5. The van der Waals surface area contributed by atoms with Crippen molar-refractivity contribution in [3.8, 4) is 5.75 Å². The number of aldehydes is 1. The van der Waals surface area contributed by atoms with Crippen molar-refractivity contribution in [3.63, 3.8) is 0 Å². The van der Waals surface area contributed by atoms with Gasteiger partial charge in [-0.15, -0.1) is 0 Å². The van der Waals surface area contributed by atoms with Gasteiger partial charge in [-0.3, -0.25) is 0 Å². The van der Waals surface area contributed by atoms with E-state index in [2.05, 4.69) is 9.72 Å². The van der Waals surface area contributed by atoms with Gasteiger partial charge < -0.3 is 18.7 Å². The molecule has 94 valence electrons. The topological polar surface area (TPSA) is 69.9 Å². The van der Waals surface area contributed by atoms with Crippen molar-refractivity contribution in [2.24, 2.45) is 0 Å². The Labute approximate surface area is 103 Å². The van der Waals surface area contributed by atoms with Crippen molar-refractivity contribution in [2.45, 2.75) is 6.42 Å². The number of nitrogens with zero attached hydrogens (tertiary/aromatic N) is 2. The largest absolute Gasteiger partial charge is 0.497 e. The molecule has 0 aliphatic rings. The maximum absolute atomic E-state index is 11.6. The molecule has 2 aromatic heterocycles. The summed E-state index contributed by atoms with van der Waals surface area (Å²) < 4.78 is 11.4. The first-order valence-electron chi connectivity index (χ1n) is 5.28. The lowest BCUT2D eigenvalue weighted by Crippen LogP contribution is -2.02. The van der Waals surface area contributed by atoms with Gasteiger partial charge >= 0.3 is 5.97 Å². The summed E-state index contributed by atoms with van der Waals surface area (Å²) in [6, 6.07) is 3.40. The van der Waals surface area contributed by atoms with E-state index < -0.39 is 5.97 Å². The van der Waals surface area contributed by atoms with Gasteiger partial charge in [0, 0.05) is 12.3 Å². The number of hydrogen-bond donors (Lipinski definition) is 0. The van der Waals surface area contributed by atoms with Crippen LogP contribution in [0.2, 0.25) is 0 Å². The van der Waals surface area contributed by atoms with Crippen LogP contribution in [-0.4, -0.2) is 35.9 Å². The van der Waals surface area contributed by atoms with Crippen LogP contribution in [0, 0.1) is 0 Å². The van der Waals surface area contributed by atoms with Gasteiger partial charge in [0.2, 0.25) is 0 Å². The number of imidazole rings is 1. The third kappa shape index (κ3) is 1.92. The molecule has 18 heavy (non-hydrogen) atoms. The molecule has 0 saturated heterocycles. The first-order valence-corrected chi connectivity index (χ1v) is 5.28. The zero-order chi connectivity index (χ0) is 13.1. The quantitative estimate of drug-likeness (QED) is 0.593. The second kappa shape index (κ2) is 4.87. The number of rotatable bonds is 4. The lowest BCUT2D eigenvalue weighted by molar-refractivity contribution is -0.107. The number of methoxy groups -OCH3 is 2. The van der Waals surface area contributed by atoms with Crippen LogP contribution in [-0.2, 0) is 16.0 Å². The number of carbonyl (C=O) groups is 2. The Morgan fingerprint density at radius 3 is 2.89 bits per heavy atom. The SMILES string of the molecule is COC(=O)c1nc(CC=O)n2ccc(OC)cc12. The molecule has 0 aliphatic carbocycles. The molecular weight excluding hydrogens is 236 g/mol. The average Bonchev–Trinajstić information content (AvgIpc) is 2.76. The fraction of sp³-hybridized carbons (Fsp3) is 0.250. The summed E-state index contributed by atoms with van der Waals surface area (Å²) in [4.78, 5) is 26.3. The van der Waals surface area contributed by atoms with E-state index in [0.29, 0.717) is 17.1 Å². The first kappa shape index (κ1) is 12.1. The lowest BCUT2D eigenvalue weighted by Gasteiger charge is -2.02.